The largest absolute Gasteiger partial charge is 0.470 e. The summed E-state index contributed by atoms with van der Waals surface area (Å²) in [5, 5.41) is 2.08. The number of aromatic nitrogens is 2. The first-order chi connectivity index (χ1) is 11.8. The van der Waals surface area contributed by atoms with Gasteiger partial charge in [0.2, 0.25) is 11.8 Å². The molecule has 2 aromatic heterocycles. The fourth-order valence-electron chi connectivity index (χ4n) is 3.13. The molecule has 2 fully saturated rings. The average molecular weight is 377 g/mol. The Kier molecular flexibility index (Phi) is 4.84. The third-order valence-electron chi connectivity index (χ3n) is 4.76. The molecule has 7 heteroatoms. The number of hydrogen-bond acceptors (Lipinski definition) is 5. The summed E-state index contributed by atoms with van der Waals surface area (Å²) in [6.45, 7) is 5.07. The molecule has 0 radical (unpaired) electrons. The highest BCUT2D eigenvalue weighted by Gasteiger charge is 2.40. The molecular formula is C19H25ClN4O2. The third kappa shape index (κ3) is 3.48. The Morgan fingerprint density at radius 1 is 1.27 bits per heavy atom. The van der Waals surface area contributed by atoms with Gasteiger partial charge in [0.05, 0.1) is 18.5 Å². The summed E-state index contributed by atoms with van der Waals surface area (Å²) >= 11 is 6.07. The molecule has 0 unspecified atom stereocenters. The zero-order valence-corrected chi connectivity index (χ0v) is 15.1. The molecular weight excluding hydrogens is 352 g/mol. The first-order valence-corrected chi connectivity index (χ1v) is 8.90. The molecule has 1 saturated heterocycles. The second-order valence-electron chi connectivity index (χ2n) is 7.51. The predicted molar refractivity (Wildman–Crippen MR) is 102 cm³/mol. The van der Waals surface area contributed by atoms with Crippen LogP contribution in [0.15, 0.2) is 18.5 Å². The predicted octanol–water partition coefficient (Wildman–Crippen LogP) is 3.11. The minimum Gasteiger partial charge on any atom is -0.470 e. The van der Waals surface area contributed by atoms with E-state index in [1.54, 1.807) is 18.5 Å². The molecule has 1 aliphatic heterocycles. The summed E-state index contributed by atoms with van der Waals surface area (Å²) in [6.07, 6.45) is 5.41. The van der Waals surface area contributed by atoms with E-state index in [0.29, 0.717) is 24.1 Å². The minimum atomic E-state index is -0.557. The van der Waals surface area contributed by atoms with Crippen LogP contribution in [0.25, 0.3) is 10.8 Å². The van der Waals surface area contributed by atoms with E-state index in [-0.39, 0.29) is 25.4 Å². The van der Waals surface area contributed by atoms with Gasteiger partial charge in [0, 0.05) is 23.9 Å². The van der Waals surface area contributed by atoms with Gasteiger partial charge in [-0.05, 0) is 43.7 Å². The summed E-state index contributed by atoms with van der Waals surface area (Å²) in [6, 6.07) is 1.79. The number of rotatable bonds is 4. The lowest BCUT2D eigenvalue weighted by molar-refractivity contribution is -0.141. The van der Waals surface area contributed by atoms with Crippen LogP contribution in [0, 0.1) is 5.92 Å². The molecule has 140 valence electrons. The zero-order valence-electron chi connectivity index (χ0n) is 14.3. The summed E-state index contributed by atoms with van der Waals surface area (Å²) in [5.41, 5.74) is 6.59. The molecule has 2 aliphatic rings. The Morgan fingerprint density at radius 2 is 1.96 bits per heavy atom. The van der Waals surface area contributed by atoms with Gasteiger partial charge in [0.1, 0.15) is 11.3 Å². The van der Waals surface area contributed by atoms with E-state index < -0.39 is 5.54 Å². The number of hydrogen-bond donors (Lipinski definition) is 1. The Bertz CT molecular complexity index is 839. The van der Waals surface area contributed by atoms with Crippen LogP contribution in [0.2, 0.25) is 5.15 Å². The summed E-state index contributed by atoms with van der Waals surface area (Å²) < 4.78 is 6.02. The normalized spacial score (nSPS) is 17.6. The van der Waals surface area contributed by atoms with Crippen molar-refractivity contribution in [2.75, 3.05) is 13.1 Å². The first kappa shape index (κ1) is 18.9. The van der Waals surface area contributed by atoms with E-state index in [4.69, 9.17) is 22.1 Å². The molecule has 0 aromatic carbocycles. The average Bonchev–Trinajstić information content (AvgIpc) is 3.32. The highest BCUT2D eigenvalue weighted by Crippen LogP contribution is 2.35. The van der Waals surface area contributed by atoms with Crippen molar-refractivity contribution in [3.05, 3.63) is 29.2 Å². The number of fused-ring (bicyclic) bond motifs is 1. The van der Waals surface area contributed by atoms with Gasteiger partial charge in [0.25, 0.3) is 0 Å². The molecule has 2 N–H and O–H groups in total. The van der Waals surface area contributed by atoms with E-state index in [1.165, 1.54) is 0 Å². The van der Waals surface area contributed by atoms with Crippen LogP contribution in [-0.2, 0) is 10.3 Å². The van der Waals surface area contributed by atoms with Gasteiger partial charge in [0.15, 0.2) is 0 Å². The highest BCUT2D eigenvalue weighted by atomic mass is 35.5. The molecule has 4 rings (SSSR count). The Labute approximate surface area is 158 Å². The number of pyridine rings is 2. The van der Waals surface area contributed by atoms with E-state index >= 15 is 0 Å². The molecule has 2 aromatic rings. The van der Waals surface area contributed by atoms with Crippen LogP contribution in [-0.4, -0.2) is 40.0 Å². The van der Waals surface area contributed by atoms with E-state index in [1.807, 2.05) is 18.7 Å². The Morgan fingerprint density at radius 3 is 2.58 bits per heavy atom. The van der Waals surface area contributed by atoms with Crippen molar-refractivity contribution >= 4 is 28.3 Å². The second kappa shape index (κ2) is 6.67. The van der Waals surface area contributed by atoms with Crippen LogP contribution in [0.1, 0.15) is 39.7 Å². The van der Waals surface area contributed by atoms with Crippen molar-refractivity contribution < 1.29 is 9.53 Å². The number of halogens is 1. The summed E-state index contributed by atoms with van der Waals surface area (Å²) in [7, 11) is 0. The second-order valence-corrected chi connectivity index (χ2v) is 7.90. The fourth-order valence-corrected chi connectivity index (χ4v) is 3.29. The maximum absolute atomic E-state index is 12.0. The molecule has 3 heterocycles. The molecule has 26 heavy (non-hydrogen) atoms. The van der Waals surface area contributed by atoms with Crippen molar-refractivity contribution in [2.45, 2.75) is 45.8 Å². The maximum atomic E-state index is 12.0. The number of ether oxygens (including phenoxy) is 1. The van der Waals surface area contributed by atoms with Gasteiger partial charge in [-0.15, -0.1) is 0 Å². The molecule has 1 amide bonds. The smallest absolute Gasteiger partial charge is 0.225 e. The van der Waals surface area contributed by atoms with E-state index in [2.05, 4.69) is 9.97 Å². The molecule has 0 atom stereocenters. The standard InChI is InChI=1S/C18H21ClN4O2.CH4/c1-18(2,20)14-7-22-16(13-6-21-15(19)5-12(13)14)25-11-8-23(9-11)17(24)10-3-4-10;/h5-7,10-11H,3-4,8-9,20H2,1-2H3;1H4. The highest BCUT2D eigenvalue weighted by molar-refractivity contribution is 6.30. The minimum absolute atomic E-state index is 0. The zero-order chi connectivity index (χ0) is 17.8. The number of nitrogens with two attached hydrogens (primary N) is 1. The molecule has 1 saturated carbocycles. The lowest BCUT2D eigenvalue weighted by Crippen LogP contribution is -2.56. The van der Waals surface area contributed by atoms with Crippen LogP contribution in [0.5, 0.6) is 5.88 Å². The van der Waals surface area contributed by atoms with Crippen molar-refractivity contribution in [3.63, 3.8) is 0 Å². The fraction of sp³-hybridized carbons (Fsp3) is 0.526. The first-order valence-electron chi connectivity index (χ1n) is 8.52. The van der Waals surface area contributed by atoms with Crippen molar-refractivity contribution in [2.24, 2.45) is 11.7 Å². The molecule has 6 nitrogen and oxygen atoms in total. The van der Waals surface area contributed by atoms with E-state index in [0.717, 1.165) is 29.2 Å². The van der Waals surface area contributed by atoms with Crippen LogP contribution in [0.4, 0.5) is 0 Å². The summed E-state index contributed by atoms with van der Waals surface area (Å²) in [4.78, 5) is 22.5. The van der Waals surface area contributed by atoms with Gasteiger partial charge >= 0.3 is 0 Å². The third-order valence-corrected chi connectivity index (χ3v) is 4.97. The maximum Gasteiger partial charge on any atom is 0.225 e. The topological polar surface area (TPSA) is 81.3 Å². The lowest BCUT2D eigenvalue weighted by atomic mass is 9.93. The van der Waals surface area contributed by atoms with Gasteiger partial charge in [-0.3, -0.25) is 4.79 Å². The lowest BCUT2D eigenvalue weighted by Gasteiger charge is -2.39. The molecule has 0 bridgehead atoms. The molecule has 0 spiro atoms. The Balaban J connectivity index is 0.00000196. The van der Waals surface area contributed by atoms with Crippen LogP contribution >= 0.6 is 11.6 Å². The van der Waals surface area contributed by atoms with Gasteiger partial charge < -0.3 is 15.4 Å². The van der Waals surface area contributed by atoms with Gasteiger partial charge in [-0.1, -0.05) is 19.0 Å². The number of amides is 1. The van der Waals surface area contributed by atoms with Crippen LogP contribution in [0.3, 0.4) is 0 Å². The number of nitrogens with zero attached hydrogens (tertiary/aromatic N) is 3. The van der Waals surface area contributed by atoms with Crippen molar-refractivity contribution in [1.82, 2.24) is 14.9 Å². The monoisotopic (exact) mass is 376 g/mol. The summed E-state index contributed by atoms with van der Waals surface area (Å²) in [5.74, 6) is 1.01. The number of likely N-dealkylation sites (tertiary alicyclic amines) is 1. The van der Waals surface area contributed by atoms with Crippen LogP contribution < -0.4 is 10.5 Å². The van der Waals surface area contributed by atoms with Crippen molar-refractivity contribution in [1.29, 1.82) is 0 Å². The molecule has 1 aliphatic carbocycles. The number of carbonyl (C=O) groups is 1. The van der Waals surface area contributed by atoms with E-state index in [9.17, 15) is 4.79 Å². The van der Waals surface area contributed by atoms with Gasteiger partial charge in [-0.25, -0.2) is 9.97 Å². The SMILES string of the molecule is C.CC(C)(N)c1cnc(OC2CN(C(=O)C3CC3)C2)c2cnc(Cl)cc12. The Hall–Kier alpha value is -1.92. The van der Waals surface area contributed by atoms with Gasteiger partial charge in [-0.2, -0.15) is 0 Å². The number of carbonyl (C=O) groups excluding carboxylic acids is 1. The van der Waals surface area contributed by atoms with Crippen molar-refractivity contribution in [3.8, 4) is 5.88 Å². The quantitative estimate of drug-likeness (QED) is 0.829.